The Morgan fingerprint density at radius 1 is 1.53 bits per heavy atom. The van der Waals surface area contributed by atoms with Gasteiger partial charge in [0, 0.05) is 24.0 Å². The summed E-state index contributed by atoms with van der Waals surface area (Å²) in [5.41, 5.74) is 2.82. The van der Waals surface area contributed by atoms with Crippen LogP contribution in [0.4, 0.5) is 0 Å². The largest absolute Gasteiger partial charge is 0.387 e. The topological polar surface area (TPSA) is 61.8 Å². The van der Waals surface area contributed by atoms with Crippen molar-refractivity contribution in [2.75, 3.05) is 0 Å². The minimum Gasteiger partial charge on any atom is -0.387 e. The summed E-state index contributed by atoms with van der Waals surface area (Å²) >= 11 is 6.13. The molecule has 0 spiro atoms. The molecule has 0 radical (unpaired) electrons. The summed E-state index contributed by atoms with van der Waals surface area (Å²) in [7, 11) is 0. The summed E-state index contributed by atoms with van der Waals surface area (Å²) in [5, 5.41) is 19.7. The summed E-state index contributed by atoms with van der Waals surface area (Å²) in [6.07, 6.45) is 2.73. The molecule has 0 saturated heterocycles. The number of aromatic nitrogens is 2. The third-order valence-electron chi connectivity index (χ3n) is 3.46. The highest BCUT2D eigenvalue weighted by molar-refractivity contribution is 6.32. The van der Waals surface area contributed by atoms with Crippen molar-refractivity contribution in [1.82, 2.24) is 9.55 Å². The number of aliphatic hydroxyl groups excluding tert-OH is 1. The van der Waals surface area contributed by atoms with Gasteiger partial charge in [-0.05, 0) is 31.0 Å². The summed E-state index contributed by atoms with van der Waals surface area (Å²) < 4.78 is 1.98. The van der Waals surface area contributed by atoms with Crippen LogP contribution in [0.25, 0.3) is 11.3 Å². The number of nitriles is 1. The lowest BCUT2D eigenvalue weighted by atomic mass is 10.1. The molecule has 0 fully saturated rings. The number of pyridine rings is 1. The van der Waals surface area contributed by atoms with E-state index in [2.05, 4.69) is 11.1 Å². The van der Waals surface area contributed by atoms with Crippen LogP contribution in [0.2, 0.25) is 5.15 Å². The second-order valence-electron chi connectivity index (χ2n) is 4.59. The highest BCUT2D eigenvalue weighted by Crippen LogP contribution is 2.36. The van der Waals surface area contributed by atoms with E-state index >= 15 is 0 Å². The molecule has 0 aliphatic carbocycles. The monoisotopic (exact) mass is 273 g/mol. The number of aliphatic hydroxyl groups is 1. The number of halogens is 1. The summed E-state index contributed by atoms with van der Waals surface area (Å²) in [4.78, 5) is 4.06. The van der Waals surface area contributed by atoms with Crippen LogP contribution in [0.1, 0.15) is 30.2 Å². The average Bonchev–Trinajstić information content (AvgIpc) is 2.79. The van der Waals surface area contributed by atoms with E-state index in [1.54, 1.807) is 18.3 Å². The number of nitrogens with zero attached hydrogens (tertiary/aromatic N) is 3. The van der Waals surface area contributed by atoms with Crippen molar-refractivity contribution >= 4 is 11.6 Å². The molecule has 1 atom stereocenters. The second kappa shape index (κ2) is 4.69. The fourth-order valence-corrected chi connectivity index (χ4v) is 2.82. The molecular weight excluding hydrogens is 262 g/mol. The van der Waals surface area contributed by atoms with Crippen molar-refractivity contribution in [2.45, 2.75) is 25.5 Å². The van der Waals surface area contributed by atoms with E-state index in [0.717, 1.165) is 36.3 Å². The van der Waals surface area contributed by atoms with Gasteiger partial charge >= 0.3 is 0 Å². The molecule has 0 aromatic carbocycles. The summed E-state index contributed by atoms with van der Waals surface area (Å²) in [6, 6.07) is 7.57. The van der Waals surface area contributed by atoms with Crippen LogP contribution in [0.3, 0.4) is 0 Å². The molecule has 1 aliphatic heterocycles. The molecule has 4 nitrogen and oxygen atoms in total. The molecule has 1 aliphatic rings. The Hall–Kier alpha value is -1.83. The maximum Gasteiger partial charge on any atom is 0.138 e. The fraction of sp³-hybridized carbons (Fsp3) is 0.286. The Bertz CT molecular complexity index is 672. The van der Waals surface area contributed by atoms with E-state index < -0.39 is 6.10 Å². The van der Waals surface area contributed by atoms with Gasteiger partial charge in [-0.2, -0.15) is 5.26 Å². The summed E-state index contributed by atoms with van der Waals surface area (Å²) in [6.45, 7) is 0.786. The van der Waals surface area contributed by atoms with Gasteiger partial charge in [0.1, 0.15) is 11.2 Å². The molecule has 5 heteroatoms. The first-order valence-electron chi connectivity index (χ1n) is 6.15. The van der Waals surface area contributed by atoms with Crippen molar-refractivity contribution < 1.29 is 5.11 Å². The number of rotatable bonds is 1. The van der Waals surface area contributed by atoms with Crippen LogP contribution in [-0.2, 0) is 6.54 Å². The van der Waals surface area contributed by atoms with Gasteiger partial charge in [-0.15, -0.1) is 0 Å². The molecule has 0 saturated carbocycles. The highest BCUT2D eigenvalue weighted by Gasteiger charge is 2.25. The van der Waals surface area contributed by atoms with Gasteiger partial charge in [-0.3, -0.25) is 0 Å². The van der Waals surface area contributed by atoms with Crippen molar-refractivity contribution in [2.24, 2.45) is 0 Å². The molecular formula is C14H12ClN3O. The zero-order chi connectivity index (χ0) is 13.4. The molecule has 1 unspecified atom stereocenters. The van der Waals surface area contributed by atoms with Crippen molar-refractivity contribution in [3.05, 3.63) is 40.8 Å². The molecule has 96 valence electrons. The number of fused-ring (bicyclic) bond motifs is 1. The standard InChI is InChI=1S/C14H12ClN3O/c15-14-10(3-1-5-17-14)13-9(8-16)7-11-12(19)4-2-6-18(11)13/h1,3,5,7,12,19H,2,4,6H2. The smallest absolute Gasteiger partial charge is 0.138 e. The Labute approximate surface area is 115 Å². The highest BCUT2D eigenvalue weighted by atomic mass is 35.5. The minimum absolute atomic E-state index is 0.375. The quantitative estimate of drug-likeness (QED) is 0.813. The molecule has 2 aromatic heterocycles. The fourth-order valence-electron chi connectivity index (χ4n) is 2.61. The first-order valence-corrected chi connectivity index (χ1v) is 6.52. The average molecular weight is 274 g/mol. The normalized spacial score (nSPS) is 17.8. The second-order valence-corrected chi connectivity index (χ2v) is 4.95. The van der Waals surface area contributed by atoms with Crippen LogP contribution in [0, 0.1) is 11.3 Å². The van der Waals surface area contributed by atoms with Gasteiger partial charge in [0.2, 0.25) is 0 Å². The zero-order valence-electron chi connectivity index (χ0n) is 10.2. The minimum atomic E-state index is -0.509. The third kappa shape index (κ3) is 1.92. The molecule has 1 N–H and O–H groups in total. The molecule has 3 rings (SSSR count). The van der Waals surface area contributed by atoms with Crippen molar-refractivity contribution in [1.29, 1.82) is 5.26 Å². The van der Waals surface area contributed by atoms with E-state index in [1.165, 1.54) is 0 Å². The molecule has 3 heterocycles. The molecule has 0 amide bonds. The number of hydrogen-bond acceptors (Lipinski definition) is 3. The van der Waals surface area contributed by atoms with Crippen LogP contribution < -0.4 is 0 Å². The predicted octanol–water partition coefficient (Wildman–Crippen LogP) is 2.90. The Kier molecular flexibility index (Phi) is 3.02. The lowest BCUT2D eigenvalue weighted by Crippen LogP contribution is -2.15. The lowest BCUT2D eigenvalue weighted by molar-refractivity contribution is 0.139. The third-order valence-corrected chi connectivity index (χ3v) is 3.77. The van der Waals surface area contributed by atoms with Gasteiger partial charge in [0.15, 0.2) is 0 Å². The van der Waals surface area contributed by atoms with Crippen molar-refractivity contribution in [3.8, 4) is 17.3 Å². The summed E-state index contributed by atoms with van der Waals surface area (Å²) in [5.74, 6) is 0. The van der Waals surface area contributed by atoms with E-state index in [1.807, 2.05) is 10.6 Å². The van der Waals surface area contributed by atoms with E-state index in [4.69, 9.17) is 11.6 Å². The Morgan fingerprint density at radius 3 is 3.11 bits per heavy atom. The molecule has 0 bridgehead atoms. The Balaban J connectivity index is 2.27. The lowest BCUT2D eigenvalue weighted by Gasteiger charge is -2.22. The van der Waals surface area contributed by atoms with Gasteiger partial charge in [-0.1, -0.05) is 11.6 Å². The van der Waals surface area contributed by atoms with E-state index in [0.29, 0.717) is 10.7 Å². The van der Waals surface area contributed by atoms with E-state index in [-0.39, 0.29) is 0 Å². The van der Waals surface area contributed by atoms with Gasteiger partial charge in [0.05, 0.1) is 17.4 Å². The molecule has 19 heavy (non-hydrogen) atoms. The number of hydrogen-bond donors (Lipinski definition) is 1. The van der Waals surface area contributed by atoms with Crippen LogP contribution in [0.5, 0.6) is 0 Å². The Morgan fingerprint density at radius 2 is 2.37 bits per heavy atom. The molecule has 2 aromatic rings. The zero-order valence-corrected chi connectivity index (χ0v) is 10.9. The maximum absolute atomic E-state index is 10.0. The van der Waals surface area contributed by atoms with Crippen LogP contribution in [-0.4, -0.2) is 14.7 Å². The van der Waals surface area contributed by atoms with Crippen LogP contribution in [0.15, 0.2) is 24.4 Å². The van der Waals surface area contributed by atoms with Crippen molar-refractivity contribution in [3.63, 3.8) is 0 Å². The van der Waals surface area contributed by atoms with Gasteiger partial charge in [-0.25, -0.2) is 4.98 Å². The predicted molar refractivity (Wildman–Crippen MR) is 71.6 cm³/mol. The van der Waals surface area contributed by atoms with Gasteiger partial charge in [0.25, 0.3) is 0 Å². The first kappa shape index (κ1) is 12.2. The van der Waals surface area contributed by atoms with E-state index in [9.17, 15) is 10.4 Å². The van der Waals surface area contributed by atoms with Gasteiger partial charge < -0.3 is 9.67 Å². The SMILES string of the molecule is N#Cc1cc2n(c1-c1cccnc1Cl)CCCC2O. The maximum atomic E-state index is 10.0. The first-order chi connectivity index (χ1) is 9.22. The van der Waals surface area contributed by atoms with Crippen LogP contribution >= 0.6 is 11.6 Å².